The van der Waals surface area contributed by atoms with E-state index in [-0.39, 0.29) is 26.8 Å². The Hall–Kier alpha value is -5.34. The lowest BCUT2D eigenvalue weighted by molar-refractivity contribution is 0.0603. The molecule has 3 aromatic heterocycles. The summed E-state index contributed by atoms with van der Waals surface area (Å²) in [6.45, 7) is 0. The molecule has 222 valence electrons. The summed E-state index contributed by atoms with van der Waals surface area (Å²) in [5, 5.41) is 2.98. The van der Waals surface area contributed by atoms with Crippen LogP contribution in [0.4, 0.5) is 31.7 Å². The van der Waals surface area contributed by atoms with Gasteiger partial charge in [-0.2, -0.15) is 0 Å². The maximum absolute atomic E-state index is 15.6. The van der Waals surface area contributed by atoms with Gasteiger partial charge in [-0.25, -0.2) is 36.9 Å². The highest BCUT2D eigenvalue weighted by Gasteiger charge is 2.23. The van der Waals surface area contributed by atoms with Crippen molar-refractivity contribution in [3.8, 4) is 5.82 Å². The van der Waals surface area contributed by atoms with Gasteiger partial charge in [-0.05, 0) is 48.5 Å². The lowest BCUT2D eigenvalue weighted by Crippen LogP contribution is -2.15. The van der Waals surface area contributed by atoms with Crippen LogP contribution in [0, 0.1) is 11.6 Å². The third kappa shape index (κ3) is 4.99. The highest BCUT2D eigenvalue weighted by Crippen LogP contribution is 2.34. The quantitative estimate of drug-likeness (QED) is 0.146. The van der Waals surface area contributed by atoms with Crippen molar-refractivity contribution in [2.24, 2.45) is 0 Å². The van der Waals surface area contributed by atoms with Crippen molar-refractivity contribution in [3.05, 3.63) is 101 Å². The molecule has 0 saturated carbocycles. The molecule has 3 aromatic carbocycles. The first-order valence-corrected chi connectivity index (χ1v) is 14.6. The number of pyridine rings is 1. The standard InChI is InChI=1S/C29H20ClF2N7O4S/c1-43-29(40)15-13-39(21-7-4-6-18(33)24(15)21)23-12-11-20-27(36-23)28(35-14-34-20)37-26-17(31)9-10-19(25(26)32)38-44(41,42)22-8-3-2-5-16(22)30/h2-14,38H,33H2,1H3,(H,34,35,37). The minimum atomic E-state index is -4.32. The number of hydrogen-bond acceptors (Lipinski definition) is 9. The molecule has 0 aliphatic rings. The fraction of sp³-hybridized carbons (Fsp3) is 0.0345. The van der Waals surface area contributed by atoms with Crippen LogP contribution in [0.15, 0.2) is 84.1 Å². The van der Waals surface area contributed by atoms with Gasteiger partial charge in [0.2, 0.25) is 0 Å². The summed E-state index contributed by atoms with van der Waals surface area (Å²) in [4.78, 5) is 25.2. The Morgan fingerprint density at radius 1 is 1.02 bits per heavy atom. The zero-order valence-corrected chi connectivity index (χ0v) is 24.1. The first kappa shape index (κ1) is 28.8. The predicted octanol–water partition coefficient (Wildman–Crippen LogP) is 5.81. The van der Waals surface area contributed by atoms with Crippen LogP contribution in [-0.2, 0) is 14.8 Å². The molecule has 0 radical (unpaired) electrons. The average Bonchev–Trinajstić information content (AvgIpc) is 3.41. The van der Waals surface area contributed by atoms with Crippen molar-refractivity contribution in [3.63, 3.8) is 0 Å². The van der Waals surface area contributed by atoms with E-state index >= 15 is 4.39 Å². The van der Waals surface area contributed by atoms with Crippen LogP contribution in [0.2, 0.25) is 5.02 Å². The summed E-state index contributed by atoms with van der Waals surface area (Å²) in [5.41, 5.74) is 6.51. The Morgan fingerprint density at radius 3 is 2.59 bits per heavy atom. The Labute approximate surface area is 253 Å². The van der Waals surface area contributed by atoms with E-state index in [1.165, 1.54) is 37.8 Å². The second kappa shape index (κ2) is 11.1. The summed E-state index contributed by atoms with van der Waals surface area (Å²) >= 11 is 6.02. The lowest BCUT2D eigenvalue weighted by Gasteiger charge is -2.15. The Bertz CT molecular complexity index is 2230. The van der Waals surface area contributed by atoms with Gasteiger partial charge in [0, 0.05) is 17.3 Å². The molecule has 0 unspecified atom stereocenters. The zero-order valence-electron chi connectivity index (χ0n) is 22.5. The fourth-order valence-electron chi connectivity index (χ4n) is 4.65. The van der Waals surface area contributed by atoms with Gasteiger partial charge in [-0.15, -0.1) is 0 Å². The molecular formula is C29H20ClF2N7O4S. The van der Waals surface area contributed by atoms with Crippen molar-refractivity contribution in [1.82, 2.24) is 19.5 Å². The van der Waals surface area contributed by atoms with Crippen molar-refractivity contribution < 1.29 is 26.7 Å². The largest absolute Gasteiger partial charge is 0.465 e. The summed E-state index contributed by atoms with van der Waals surface area (Å²) in [6.07, 6.45) is 2.69. The van der Waals surface area contributed by atoms with Crippen molar-refractivity contribution in [1.29, 1.82) is 0 Å². The number of nitrogen functional groups attached to an aromatic ring is 1. The first-order chi connectivity index (χ1) is 21.1. The molecule has 44 heavy (non-hydrogen) atoms. The Balaban J connectivity index is 1.43. The molecule has 0 amide bonds. The number of benzene rings is 3. The average molecular weight is 636 g/mol. The maximum atomic E-state index is 15.6. The number of halogens is 3. The predicted molar refractivity (Wildman–Crippen MR) is 162 cm³/mol. The SMILES string of the molecule is COC(=O)c1cn(-c2ccc3ncnc(Nc4c(F)ccc(NS(=O)(=O)c5ccccc5Cl)c4F)c3n2)c2cccc(N)c12. The first-order valence-electron chi connectivity index (χ1n) is 12.7. The van der Waals surface area contributed by atoms with Gasteiger partial charge < -0.3 is 20.4 Å². The molecule has 6 rings (SSSR count). The van der Waals surface area contributed by atoms with Gasteiger partial charge in [0.25, 0.3) is 10.0 Å². The van der Waals surface area contributed by atoms with Gasteiger partial charge in [-0.3, -0.25) is 4.72 Å². The normalized spacial score (nSPS) is 11.5. The number of ether oxygens (including phenoxy) is 1. The number of nitrogens with zero attached hydrogens (tertiary/aromatic N) is 4. The summed E-state index contributed by atoms with van der Waals surface area (Å²) in [7, 11) is -3.07. The number of aromatic nitrogens is 4. The number of sulfonamides is 1. The minimum absolute atomic E-state index is 0.0768. The van der Waals surface area contributed by atoms with E-state index < -0.39 is 39.0 Å². The van der Waals surface area contributed by atoms with Gasteiger partial charge >= 0.3 is 5.97 Å². The number of anilines is 4. The zero-order chi connectivity index (χ0) is 31.2. The van der Waals surface area contributed by atoms with Crippen LogP contribution in [0.1, 0.15) is 10.4 Å². The maximum Gasteiger partial charge on any atom is 0.340 e. The molecule has 0 spiro atoms. The summed E-state index contributed by atoms with van der Waals surface area (Å²) in [6, 6.07) is 15.8. The van der Waals surface area contributed by atoms with E-state index in [1.54, 1.807) is 41.0 Å². The van der Waals surface area contributed by atoms with Crippen LogP contribution in [0.25, 0.3) is 27.8 Å². The number of hydrogen-bond donors (Lipinski definition) is 3. The molecule has 6 aromatic rings. The van der Waals surface area contributed by atoms with Gasteiger partial charge in [-0.1, -0.05) is 29.8 Å². The second-order valence-corrected chi connectivity index (χ2v) is 11.4. The monoisotopic (exact) mass is 635 g/mol. The van der Waals surface area contributed by atoms with Crippen LogP contribution in [0.5, 0.6) is 0 Å². The number of rotatable bonds is 7. The molecule has 0 atom stereocenters. The van der Waals surface area contributed by atoms with E-state index in [9.17, 15) is 17.6 Å². The van der Waals surface area contributed by atoms with Crippen LogP contribution >= 0.6 is 11.6 Å². The topological polar surface area (TPSA) is 154 Å². The van der Waals surface area contributed by atoms with E-state index in [0.29, 0.717) is 27.9 Å². The van der Waals surface area contributed by atoms with E-state index in [1.807, 2.05) is 0 Å². The van der Waals surface area contributed by atoms with E-state index in [4.69, 9.17) is 22.1 Å². The number of fused-ring (bicyclic) bond motifs is 2. The second-order valence-electron chi connectivity index (χ2n) is 9.35. The lowest BCUT2D eigenvalue weighted by atomic mass is 10.1. The van der Waals surface area contributed by atoms with Crippen LogP contribution < -0.4 is 15.8 Å². The van der Waals surface area contributed by atoms with Crippen LogP contribution in [0.3, 0.4) is 0 Å². The Kier molecular flexibility index (Phi) is 7.23. The van der Waals surface area contributed by atoms with E-state index in [0.717, 1.165) is 12.1 Å². The number of nitrogens with one attached hydrogen (secondary N) is 2. The highest BCUT2D eigenvalue weighted by atomic mass is 35.5. The highest BCUT2D eigenvalue weighted by molar-refractivity contribution is 7.92. The third-order valence-electron chi connectivity index (χ3n) is 6.69. The molecule has 3 heterocycles. The smallest absolute Gasteiger partial charge is 0.340 e. The molecule has 11 nitrogen and oxygen atoms in total. The molecule has 0 aliphatic carbocycles. The summed E-state index contributed by atoms with van der Waals surface area (Å²) in [5.74, 6) is -2.64. The Morgan fingerprint density at radius 2 is 1.82 bits per heavy atom. The molecule has 0 aliphatic heterocycles. The minimum Gasteiger partial charge on any atom is -0.465 e. The molecule has 0 saturated heterocycles. The number of carbonyl (C=O) groups is 1. The van der Waals surface area contributed by atoms with Gasteiger partial charge in [0.05, 0.1) is 34.4 Å². The van der Waals surface area contributed by atoms with Crippen LogP contribution in [-0.4, -0.2) is 41.0 Å². The van der Waals surface area contributed by atoms with Crippen molar-refractivity contribution in [2.45, 2.75) is 4.90 Å². The van der Waals surface area contributed by atoms with Crippen molar-refractivity contribution >= 4 is 72.4 Å². The number of nitrogens with two attached hydrogens (primary N) is 1. The fourth-order valence-corrected chi connectivity index (χ4v) is 6.23. The number of methoxy groups -OCH3 is 1. The summed E-state index contributed by atoms with van der Waals surface area (Å²) < 4.78 is 65.1. The van der Waals surface area contributed by atoms with Crippen molar-refractivity contribution in [2.75, 3.05) is 22.9 Å². The molecule has 0 fully saturated rings. The number of carbonyl (C=O) groups excluding carboxylic acids is 1. The number of esters is 1. The third-order valence-corrected chi connectivity index (χ3v) is 8.55. The van der Waals surface area contributed by atoms with Gasteiger partial charge in [0.15, 0.2) is 11.6 Å². The molecule has 15 heteroatoms. The molecular weight excluding hydrogens is 616 g/mol. The van der Waals surface area contributed by atoms with Gasteiger partial charge in [0.1, 0.15) is 34.1 Å². The van der Waals surface area contributed by atoms with E-state index in [2.05, 4.69) is 25.0 Å². The molecule has 0 bridgehead atoms. The molecule has 4 N–H and O–H groups in total.